The van der Waals surface area contributed by atoms with E-state index in [-0.39, 0.29) is 23.9 Å². The first-order valence-electron chi connectivity index (χ1n) is 13.5. The number of carbonyl (C=O) groups excluding carboxylic acids is 3. The van der Waals surface area contributed by atoms with Crippen LogP contribution in [-0.4, -0.2) is 68.4 Å². The minimum Gasteiger partial charge on any atom is -0.337 e. The molecule has 1 unspecified atom stereocenters. The smallest absolute Gasteiger partial charge is 0.329 e. The Morgan fingerprint density at radius 2 is 1.81 bits per heavy atom. The molecular weight excluding hydrogens is 458 g/mol. The van der Waals surface area contributed by atoms with Gasteiger partial charge in [0, 0.05) is 51.1 Å². The summed E-state index contributed by atoms with van der Waals surface area (Å²) < 4.78 is 3.12. The number of amides is 3. The molecule has 4 fully saturated rings. The highest BCUT2D eigenvalue weighted by Crippen LogP contribution is 2.34. The quantitative estimate of drug-likeness (QED) is 0.640. The number of rotatable bonds is 5. The predicted molar refractivity (Wildman–Crippen MR) is 134 cm³/mol. The summed E-state index contributed by atoms with van der Waals surface area (Å²) in [5, 5.41) is 2.36. The molecule has 9 heteroatoms. The van der Waals surface area contributed by atoms with Gasteiger partial charge in [-0.1, -0.05) is 25.3 Å². The van der Waals surface area contributed by atoms with Crippen LogP contribution in [0.25, 0.3) is 11.0 Å². The lowest BCUT2D eigenvalue weighted by Crippen LogP contribution is -2.50. The zero-order valence-corrected chi connectivity index (χ0v) is 20.9. The Labute approximate surface area is 210 Å². The van der Waals surface area contributed by atoms with Gasteiger partial charge < -0.3 is 4.90 Å². The van der Waals surface area contributed by atoms with E-state index in [1.807, 2.05) is 18.2 Å². The van der Waals surface area contributed by atoms with E-state index in [1.165, 1.54) is 23.8 Å². The molecule has 1 aromatic carbocycles. The molecule has 36 heavy (non-hydrogen) atoms. The number of nitrogens with one attached hydrogen (secondary N) is 1. The minimum absolute atomic E-state index is 0.235. The summed E-state index contributed by atoms with van der Waals surface area (Å²) in [5.74, 6) is -0.0555. The molecule has 2 aromatic rings. The van der Waals surface area contributed by atoms with E-state index in [2.05, 4.69) is 15.1 Å². The Bertz CT molecular complexity index is 1270. The van der Waals surface area contributed by atoms with Crippen LogP contribution in [0.1, 0.15) is 63.0 Å². The maximum absolute atomic E-state index is 13.0. The zero-order chi connectivity index (χ0) is 25.0. The standard InChI is InChI=1S/C27H35N5O4/c1-29-23-13-17(7-8-21(23)32(27(29)36)22-9-10-24(33)28-25(22)34)11-12-30-15-20-14-19(30)16-31(20)26(35)18-5-3-2-4-6-18/h7-8,13,18-20,22H,2-6,9-12,14-16H2,1H3,(H,28,33,34)/t19-,20-,22?/m1/s1. The van der Waals surface area contributed by atoms with Gasteiger partial charge in [-0.2, -0.15) is 0 Å². The molecule has 4 heterocycles. The van der Waals surface area contributed by atoms with E-state index in [9.17, 15) is 19.2 Å². The van der Waals surface area contributed by atoms with Crippen LogP contribution < -0.4 is 11.0 Å². The molecule has 3 saturated heterocycles. The molecule has 6 rings (SSSR count). The van der Waals surface area contributed by atoms with Crippen molar-refractivity contribution in [3.8, 4) is 0 Å². The van der Waals surface area contributed by atoms with E-state index < -0.39 is 11.9 Å². The number of aryl methyl sites for hydroxylation is 1. The molecule has 4 aliphatic rings. The van der Waals surface area contributed by atoms with Crippen molar-refractivity contribution < 1.29 is 14.4 Å². The van der Waals surface area contributed by atoms with E-state index in [0.29, 0.717) is 24.4 Å². The lowest BCUT2D eigenvalue weighted by atomic mass is 9.88. The summed E-state index contributed by atoms with van der Waals surface area (Å²) >= 11 is 0. The molecule has 0 radical (unpaired) electrons. The Kier molecular flexibility index (Phi) is 5.98. The average Bonchev–Trinajstić information content (AvgIpc) is 3.55. The number of hydrogen-bond acceptors (Lipinski definition) is 5. The number of carbonyl (C=O) groups is 3. The van der Waals surface area contributed by atoms with Crippen LogP contribution in [0.2, 0.25) is 0 Å². The van der Waals surface area contributed by atoms with Crippen LogP contribution in [0.5, 0.6) is 0 Å². The van der Waals surface area contributed by atoms with Crippen molar-refractivity contribution in [1.29, 1.82) is 0 Å². The van der Waals surface area contributed by atoms with Gasteiger partial charge in [-0.3, -0.25) is 33.7 Å². The van der Waals surface area contributed by atoms with Crippen molar-refractivity contribution in [1.82, 2.24) is 24.3 Å². The van der Waals surface area contributed by atoms with Gasteiger partial charge in [0.1, 0.15) is 6.04 Å². The van der Waals surface area contributed by atoms with Crippen molar-refractivity contribution in [3.05, 3.63) is 34.2 Å². The number of imidazole rings is 1. The molecule has 3 atom stereocenters. The molecule has 3 amide bonds. The largest absolute Gasteiger partial charge is 0.337 e. The van der Waals surface area contributed by atoms with Crippen molar-refractivity contribution >= 4 is 28.8 Å². The number of piperazine rings is 1. The highest BCUT2D eigenvalue weighted by Gasteiger charge is 2.46. The van der Waals surface area contributed by atoms with Crippen molar-refractivity contribution in [2.24, 2.45) is 13.0 Å². The second-order valence-corrected chi connectivity index (χ2v) is 11.1. The fourth-order valence-corrected chi connectivity index (χ4v) is 6.94. The first-order chi connectivity index (χ1) is 17.4. The Balaban J connectivity index is 1.12. The van der Waals surface area contributed by atoms with Crippen LogP contribution in [0.3, 0.4) is 0 Å². The zero-order valence-electron chi connectivity index (χ0n) is 20.9. The molecule has 1 aliphatic carbocycles. The number of imide groups is 1. The van der Waals surface area contributed by atoms with Gasteiger partial charge in [0.25, 0.3) is 0 Å². The second kappa shape index (κ2) is 9.18. The highest BCUT2D eigenvalue weighted by molar-refractivity contribution is 6.00. The Morgan fingerprint density at radius 3 is 2.53 bits per heavy atom. The van der Waals surface area contributed by atoms with E-state index in [4.69, 9.17) is 0 Å². The van der Waals surface area contributed by atoms with E-state index >= 15 is 0 Å². The SMILES string of the molecule is Cn1c(=O)n(C2CCC(=O)NC2=O)c2ccc(CCN3C[C@H]4C[C@@H]3CN4C(=O)C3CCCCC3)cc21. The number of hydrogen-bond donors (Lipinski definition) is 1. The number of nitrogens with zero attached hydrogens (tertiary/aromatic N) is 4. The maximum Gasteiger partial charge on any atom is 0.329 e. The Hall–Kier alpha value is -2.94. The van der Waals surface area contributed by atoms with Gasteiger partial charge in [0.2, 0.25) is 17.7 Å². The van der Waals surface area contributed by atoms with Gasteiger partial charge in [-0.25, -0.2) is 4.79 Å². The highest BCUT2D eigenvalue weighted by atomic mass is 16.2. The number of piperidine rings is 1. The van der Waals surface area contributed by atoms with Gasteiger partial charge in [-0.05, 0) is 49.8 Å². The normalized spacial score (nSPS) is 27.2. The summed E-state index contributed by atoms with van der Waals surface area (Å²) in [6.07, 6.45) is 8.30. The van der Waals surface area contributed by atoms with Gasteiger partial charge >= 0.3 is 5.69 Å². The molecule has 9 nitrogen and oxygen atoms in total. The lowest BCUT2D eigenvalue weighted by molar-refractivity contribution is -0.139. The van der Waals surface area contributed by atoms with E-state index in [0.717, 1.165) is 61.9 Å². The minimum atomic E-state index is -0.663. The number of fused-ring (bicyclic) bond motifs is 3. The molecule has 0 spiro atoms. The summed E-state index contributed by atoms with van der Waals surface area (Å²) in [5.41, 5.74) is 2.43. The average molecular weight is 494 g/mol. The topological polar surface area (TPSA) is 96.6 Å². The monoisotopic (exact) mass is 493 g/mol. The van der Waals surface area contributed by atoms with Crippen LogP contribution in [0.15, 0.2) is 23.0 Å². The maximum atomic E-state index is 13.0. The molecule has 3 aliphatic heterocycles. The third-order valence-corrected chi connectivity index (χ3v) is 8.95. The van der Waals surface area contributed by atoms with Crippen LogP contribution in [0, 0.1) is 5.92 Å². The lowest BCUT2D eigenvalue weighted by Gasteiger charge is -2.36. The van der Waals surface area contributed by atoms with E-state index in [1.54, 1.807) is 11.6 Å². The molecule has 1 saturated carbocycles. The van der Waals surface area contributed by atoms with Crippen molar-refractivity contribution in [3.63, 3.8) is 0 Å². The summed E-state index contributed by atoms with van der Waals surface area (Å²) in [6.45, 7) is 2.75. The third-order valence-electron chi connectivity index (χ3n) is 8.95. The second-order valence-electron chi connectivity index (χ2n) is 11.1. The fourth-order valence-electron chi connectivity index (χ4n) is 6.94. The van der Waals surface area contributed by atoms with Crippen LogP contribution in [0.4, 0.5) is 0 Å². The summed E-state index contributed by atoms with van der Waals surface area (Å²) in [6, 6.07) is 6.16. The van der Waals surface area contributed by atoms with Crippen LogP contribution >= 0.6 is 0 Å². The number of aromatic nitrogens is 2. The molecule has 1 N–H and O–H groups in total. The predicted octanol–water partition coefficient (Wildman–Crippen LogP) is 1.73. The Morgan fingerprint density at radius 1 is 1.00 bits per heavy atom. The third kappa shape index (κ3) is 3.97. The van der Waals surface area contributed by atoms with Crippen molar-refractivity contribution in [2.75, 3.05) is 19.6 Å². The van der Waals surface area contributed by atoms with Gasteiger partial charge in [-0.15, -0.1) is 0 Å². The number of benzene rings is 1. The van der Waals surface area contributed by atoms with Crippen LogP contribution in [-0.2, 0) is 27.9 Å². The molecule has 2 bridgehead atoms. The molecule has 192 valence electrons. The fraction of sp³-hybridized carbons (Fsp3) is 0.630. The first kappa shape index (κ1) is 23.5. The van der Waals surface area contributed by atoms with Gasteiger partial charge in [0.15, 0.2) is 0 Å². The molecular formula is C27H35N5O4. The summed E-state index contributed by atoms with van der Waals surface area (Å²) in [4.78, 5) is 54.7. The van der Waals surface area contributed by atoms with Crippen molar-refractivity contribution in [2.45, 2.75) is 75.9 Å². The first-order valence-corrected chi connectivity index (χ1v) is 13.5. The summed E-state index contributed by atoms with van der Waals surface area (Å²) in [7, 11) is 1.73. The number of likely N-dealkylation sites (tertiary alicyclic amines) is 2. The van der Waals surface area contributed by atoms with Gasteiger partial charge in [0.05, 0.1) is 11.0 Å². The molecule has 1 aromatic heterocycles.